The molecule has 1 fully saturated rings. The van der Waals surface area contributed by atoms with E-state index in [0.717, 1.165) is 34.7 Å². The van der Waals surface area contributed by atoms with Gasteiger partial charge in [0.05, 0.1) is 0 Å². The lowest BCUT2D eigenvalue weighted by Gasteiger charge is -2.51. The first-order chi connectivity index (χ1) is 17.0. The number of benzene rings is 4. The standard InChI is InChI=1S/C33H34O2S/c1-31(2)17-32(3,4)19-33(18-31)26-9-7-6-8-22(26)30-25-15-29(36-5)23(20-10-12-21(34)13-11-20)14-24(25)28(35)16-27(30)33/h6-16,34-35H,17-19H2,1-5H3. The number of phenolic OH excluding ortho intramolecular Hbond substituents is 2. The molecule has 0 unspecified atom stereocenters. The molecule has 2 aliphatic rings. The summed E-state index contributed by atoms with van der Waals surface area (Å²) in [6.07, 6.45) is 5.47. The van der Waals surface area contributed by atoms with Crippen molar-refractivity contribution in [3.8, 4) is 33.8 Å². The maximum Gasteiger partial charge on any atom is 0.123 e. The SMILES string of the molecule is CSc1cc2c3c(cc(O)c2cc1-c1ccc(O)cc1)C1(CC(C)(C)CC(C)(C)C1)c1ccccc1-3. The molecule has 6 rings (SSSR count). The molecule has 4 aromatic rings. The van der Waals surface area contributed by atoms with E-state index in [1.807, 2.05) is 12.1 Å². The Bertz CT molecular complexity index is 1500. The molecule has 2 N–H and O–H groups in total. The average molecular weight is 495 g/mol. The number of phenols is 2. The topological polar surface area (TPSA) is 40.5 Å². The molecule has 2 nitrogen and oxygen atoms in total. The van der Waals surface area contributed by atoms with Gasteiger partial charge in [-0.1, -0.05) is 64.1 Å². The van der Waals surface area contributed by atoms with Gasteiger partial charge in [0.25, 0.3) is 0 Å². The maximum absolute atomic E-state index is 11.5. The number of hydrogen-bond acceptors (Lipinski definition) is 3. The Labute approximate surface area is 218 Å². The molecule has 36 heavy (non-hydrogen) atoms. The van der Waals surface area contributed by atoms with Gasteiger partial charge < -0.3 is 10.2 Å². The van der Waals surface area contributed by atoms with Crippen LogP contribution in [0.25, 0.3) is 33.0 Å². The van der Waals surface area contributed by atoms with Crippen LogP contribution >= 0.6 is 11.8 Å². The molecule has 1 saturated carbocycles. The molecule has 4 aromatic carbocycles. The highest BCUT2D eigenvalue weighted by Gasteiger charge is 2.53. The summed E-state index contributed by atoms with van der Waals surface area (Å²) in [5.41, 5.74) is 7.73. The first-order valence-corrected chi connectivity index (χ1v) is 14.0. The molecule has 1 spiro atoms. The zero-order valence-corrected chi connectivity index (χ0v) is 22.6. The van der Waals surface area contributed by atoms with E-state index in [0.29, 0.717) is 5.75 Å². The van der Waals surface area contributed by atoms with Gasteiger partial charge in [0.15, 0.2) is 0 Å². The highest BCUT2D eigenvalue weighted by Crippen LogP contribution is 2.64. The Balaban J connectivity index is 1.68. The predicted molar refractivity (Wildman–Crippen MR) is 152 cm³/mol. The minimum Gasteiger partial charge on any atom is -0.508 e. The molecule has 3 heteroatoms. The highest BCUT2D eigenvalue weighted by atomic mass is 32.2. The predicted octanol–water partition coefficient (Wildman–Crippen LogP) is 9.14. The lowest BCUT2D eigenvalue weighted by molar-refractivity contribution is 0.0645. The normalized spacial score (nSPS) is 18.8. The van der Waals surface area contributed by atoms with Crippen LogP contribution in [-0.2, 0) is 5.41 Å². The first kappa shape index (κ1) is 23.5. The zero-order chi connectivity index (χ0) is 25.5. The summed E-state index contributed by atoms with van der Waals surface area (Å²) in [4.78, 5) is 1.17. The molecule has 0 aliphatic heterocycles. The molecule has 0 bridgehead atoms. The summed E-state index contributed by atoms with van der Waals surface area (Å²) in [7, 11) is 0. The van der Waals surface area contributed by atoms with Gasteiger partial charge in [-0.15, -0.1) is 11.8 Å². The third-order valence-electron chi connectivity index (χ3n) is 8.36. The fourth-order valence-corrected chi connectivity index (χ4v) is 8.53. The van der Waals surface area contributed by atoms with Crippen LogP contribution in [0.5, 0.6) is 11.5 Å². The Morgan fingerprint density at radius 3 is 2.03 bits per heavy atom. The van der Waals surface area contributed by atoms with Crippen molar-refractivity contribution in [1.29, 1.82) is 0 Å². The van der Waals surface area contributed by atoms with E-state index in [1.54, 1.807) is 23.9 Å². The van der Waals surface area contributed by atoms with Gasteiger partial charge in [-0.3, -0.25) is 0 Å². The molecular formula is C33H34O2S. The van der Waals surface area contributed by atoms with Crippen molar-refractivity contribution in [3.05, 3.63) is 77.9 Å². The molecule has 2 aliphatic carbocycles. The van der Waals surface area contributed by atoms with Gasteiger partial charge in [0.2, 0.25) is 0 Å². The summed E-state index contributed by atoms with van der Waals surface area (Å²) in [6, 6.07) is 22.7. The molecule has 0 heterocycles. The molecule has 0 radical (unpaired) electrons. The van der Waals surface area contributed by atoms with E-state index in [4.69, 9.17) is 0 Å². The second kappa shape index (κ2) is 7.79. The van der Waals surface area contributed by atoms with Crippen molar-refractivity contribution < 1.29 is 10.2 Å². The van der Waals surface area contributed by atoms with Gasteiger partial charge in [0, 0.05) is 15.7 Å². The van der Waals surface area contributed by atoms with Crippen molar-refractivity contribution in [2.45, 2.75) is 57.3 Å². The van der Waals surface area contributed by atoms with Crippen LogP contribution in [0.2, 0.25) is 0 Å². The minimum absolute atomic E-state index is 0.0992. The van der Waals surface area contributed by atoms with Crippen LogP contribution in [0.4, 0.5) is 0 Å². The third kappa shape index (κ3) is 3.47. The lowest BCUT2D eigenvalue weighted by Crippen LogP contribution is -2.43. The quantitative estimate of drug-likeness (QED) is 0.273. The summed E-state index contributed by atoms with van der Waals surface area (Å²) < 4.78 is 0. The summed E-state index contributed by atoms with van der Waals surface area (Å²) in [5, 5.41) is 23.3. The fourth-order valence-electron chi connectivity index (χ4n) is 7.89. The van der Waals surface area contributed by atoms with Crippen molar-refractivity contribution in [1.82, 2.24) is 0 Å². The largest absolute Gasteiger partial charge is 0.508 e. The molecule has 0 atom stereocenters. The summed E-state index contributed by atoms with van der Waals surface area (Å²) >= 11 is 1.72. The van der Waals surface area contributed by atoms with Crippen molar-refractivity contribution >= 4 is 22.5 Å². The van der Waals surface area contributed by atoms with Gasteiger partial charge in [-0.05, 0) is 105 Å². The van der Waals surface area contributed by atoms with E-state index in [1.165, 1.54) is 33.6 Å². The van der Waals surface area contributed by atoms with Crippen LogP contribution in [0.1, 0.15) is 58.1 Å². The van der Waals surface area contributed by atoms with Crippen LogP contribution in [0.15, 0.2) is 71.6 Å². The number of thioether (sulfide) groups is 1. The molecular weight excluding hydrogens is 460 g/mol. The smallest absolute Gasteiger partial charge is 0.123 e. The van der Waals surface area contributed by atoms with Gasteiger partial charge in [-0.25, -0.2) is 0 Å². The molecule has 184 valence electrons. The van der Waals surface area contributed by atoms with E-state index in [9.17, 15) is 10.2 Å². The number of aromatic hydroxyl groups is 2. The van der Waals surface area contributed by atoms with E-state index in [-0.39, 0.29) is 22.0 Å². The van der Waals surface area contributed by atoms with Crippen LogP contribution in [0.3, 0.4) is 0 Å². The lowest BCUT2D eigenvalue weighted by atomic mass is 9.52. The van der Waals surface area contributed by atoms with E-state index < -0.39 is 0 Å². The zero-order valence-electron chi connectivity index (χ0n) is 21.8. The average Bonchev–Trinajstić information content (AvgIpc) is 3.05. The van der Waals surface area contributed by atoms with E-state index in [2.05, 4.69) is 76.4 Å². The number of rotatable bonds is 2. The second-order valence-corrected chi connectivity index (χ2v) is 13.3. The monoisotopic (exact) mass is 494 g/mol. The Morgan fingerprint density at radius 1 is 0.694 bits per heavy atom. The fraction of sp³-hybridized carbons (Fsp3) is 0.333. The Hall–Kier alpha value is -2.91. The second-order valence-electron chi connectivity index (χ2n) is 12.4. The third-order valence-corrected chi connectivity index (χ3v) is 9.14. The molecule has 0 aromatic heterocycles. The molecule has 0 saturated heterocycles. The number of fused-ring (bicyclic) bond motifs is 7. The number of hydrogen-bond donors (Lipinski definition) is 2. The highest BCUT2D eigenvalue weighted by molar-refractivity contribution is 7.98. The van der Waals surface area contributed by atoms with E-state index >= 15 is 0 Å². The van der Waals surface area contributed by atoms with Gasteiger partial charge >= 0.3 is 0 Å². The van der Waals surface area contributed by atoms with Crippen molar-refractivity contribution in [2.75, 3.05) is 6.26 Å². The van der Waals surface area contributed by atoms with Crippen LogP contribution < -0.4 is 0 Å². The minimum atomic E-state index is -0.0992. The van der Waals surface area contributed by atoms with Crippen molar-refractivity contribution in [2.24, 2.45) is 10.8 Å². The van der Waals surface area contributed by atoms with Gasteiger partial charge in [-0.2, -0.15) is 0 Å². The van der Waals surface area contributed by atoms with Crippen LogP contribution in [-0.4, -0.2) is 16.5 Å². The first-order valence-electron chi connectivity index (χ1n) is 12.8. The summed E-state index contributed by atoms with van der Waals surface area (Å²) in [5.74, 6) is 0.607. The summed E-state index contributed by atoms with van der Waals surface area (Å²) in [6.45, 7) is 9.64. The Morgan fingerprint density at radius 2 is 1.36 bits per heavy atom. The molecule has 0 amide bonds. The maximum atomic E-state index is 11.5. The van der Waals surface area contributed by atoms with Crippen molar-refractivity contribution in [3.63, 3.8) is 0 Å². The van der Waals surface area contributed by atoms with Gasteiger partial charge in [0.1, 0.15) is 11.5 Å². The Kier molecular flexibility index (Phi) is 5.08. The van der Waals surface area contributed by atoms with Crippen LogP contribution in [0, 0.1) is 10.8 Å².